The number of nitrogen functional groups attached to an aromatic ring is 2. The molecule has 1 heterocycles. The molecule has 0 atom stereocenters. The molecule has 0 saturated heterocycles. The van der Waals surface area contributed by atoms with Crippen LogP contribution in [-0.4, -0.2) is 33.2 Å². The third-order valence-electron chi connectivity index (χ3n) is 5.07. The number of nitrogens with one attached hydrogen (secondary N) is 3. The van der Waals surface area contributed by atoms with Crippen molar-refractivity contribution in [2.24, 2.45) is 11.5 Å². The Kier molecular flexibility index (Phi) is 7.49. The third-order valence-corrected chi connectivity index (χ3v) is 5.07. The average molecular weight is 477 g/mol. The summed E-state index contributed by atoms with van der Waals surface area (Å²) in [6.07, 6.45) is 1.44. The number of nitrogens with zero attached hydrogens (tertiary/aromatic N) is 2. The smallest absolute Gasteiger partial charge is 0.294 e. The number of primary amides is 1. The largest absolute Gasteiger partial charge is 0.399 e. The second kappa shape index (κ2) is 10.5. The molecule has 2 aromatic carbocycles. The van der Waals surface area contributed by atoms with E-state index in [0.29, 0.717) is 16.8 Å². The van der Waals surface area contributed by atoms with Crippen LogP contribution >= 0.6 is 0 Å². The first kappa shape index (κ1) is 25.0. The van der Waals surface area contributed by atoms with Crippen LogP contribution < -0.4 is 33.4 Å². The van der Waals surface area contributed by atoms with Gasteiger partial charge in [0.05, 0.1) is 11.9 Å². The Morgan fingerprint density at radius 2 is 1.77 bits per heavy atom. The van der Waals surface area contributed by atoms with Crippen LogP contribution in [0.25, 0.3) is 11.3 Å². The fourth-order valence-corrected chi connectivity index (χ4v) is 3.39. The third kappa shape index (κ3) is 6.22. The van der Waals surface area contributed by atoms with Crippen molar-refractivity contribution >= 4 is 29.2 Å². The summed E-state index contributed by atoms with van der Waals surface area (Å²) in [7, 11) is 0. The summed E-state index contributed by atoms with van der Waals surface area (Å²) in [5.74, 6) is -1.04. The lowest BCUT2D eigenvalue weighted by atomic mass is 10.1. The molecular formula is C24H28N8O3. The molecule has 0 spiro atoms. The highest BCUT2D eigenvalue weighted by Crippen LogP contribution is 2.23. The fourth-order valence-electron chi connectivity index (χ4n) is 3.39. The molecule has 0 saturated carbocycles. The Balaban J connectivity index is 1.92. The van der Waals surface area contributed by atoms with Gasteiger partial charge in [-0.2, -0.15) is 0 Å². The van der Waals surface area contributed by atoms with Crippen molar-refractivity contribution in [2.45, 2.75) is 33.0 Å². The van der Waals surface area contributed by atoms with E-state index in [4.69, 9.17) is 22.6 Å². The zero-order valence-corrected chi connectivity index (χ0v) is 19.5. The molecule has 0 bridgehead atoms. The molecule has 182 valence electrons. The molecule has 35 heavy (non-hydrogen) atoms. The van der Waals surface area contributed by atoms with Crippen LogP contribution in [0, 0.1) is 5.41 Å². The van der Waals surface area contributed by atoms with Crippen molar-refractivity contribution in [3.8, 4) is 11.3 Å². The minimum absolute atomic E-state index is 0.0444. The number of benzene rings is 2. The van der Waals surface area contributed by atoms with E-state index in [1.807, 2.05) is 13.8 Å². The van der Waals surface area contributed by atoms with Gasteiger partial charge < -0.3 is 27.8 Å². The summed E-state index contributed by atoms with van der Waals surface area (Å²) in [4.78, 5) is 42.0. The molecule has 0 aliphatic rings. The maximum Gasteiger partial charge on any atom is 0.294 e. The zero-order valence-electron chi connectivity index (χ0n) is 19.5. The molecule has 1 aromatic heterocycles. The van der Waals surface area contributed by atoms with E-state index >= 15 is 0 Å². The first-order valence-corrected chi connectivity index (χ1v) is 10.8. The van der Waals surface area contributed by atoms with Gasteiger partial charge in [0.2, 0.25) is 11.8 Å². The highest BCUT2D eigenvalue weighted by atomic mass is 16.2. The van der Waals surface area contributed by atoms with Gasteiger partial charge in [-0.1, -0.05) is 24.3 Å². The lowest BCUT2D eigenvalue weighted by Crippen LogP contribution is -2.35. The van der Waals surface area contributed by atoms with Crippen molar-refractivity contribution in [1.82, 2.24) is 14.9 Å². The Labute approximate surface area is 201 Å². The quantitative estimate of drug-likeness (QED) is 0.150. The molecular weight excluding hydrogens is 448 g/mol. The monoisotopic (exact) mass is 476 g/mol. The normalized spacial score (nSPS) is 10.7. The molecule has 3 aromatic rings. The first-order chi connectivity index (χ1) is 16.5. The van der Waals surface area contributed by atoms with Gasteiger partial charge in [0.1, 0.15) is 12.4 Å². The lowest BCUT2D eigenvalue weighted by molar-refractivity contribution is -0.121. The van der Waals surface area contributed by atoms with Crippen LogP contribution in [-0.2, 0) is 17.9 Å². The molecule has 0 aliphatic heterocycles. The fraction of sp³-hybridized carbons (Fsp3) is 0.208. The number of anilines is 2. The van der Waals surface area contributed by atoms with Crippen LogP contribution in [0.2, 0.25) is 0 Å². The highest BCUT2D eigenvalue weighted by Gasteiger charge is 2.17. The maximum absolute atomic E-state index is 13.2. The minimum atomic E-state index is -0.674. The predicted octanol–water partition coefficient (Wildman–Crippen LogP) is 1.01. The van der Waals surface area contributed by atoms with Gasteiger partial charge in [0.15, 0.2) is 5.82 Å². The van der Waals surface area contributed by atoms with Crippen LogP contribution in [0.3, 0.4) is 0 Å². The molecule has 3 rings (SSSR count). The maximum atomic E-state index is 13.2. The Morgan fingerprint density at radius 3 is 2.37 bits per heavy atom. The number of hydrogen-bond acceptors (Lipinski definition) is 7. The van der Waals surface area contributed by atoms with Crippen molar-refractivity contribution < 1.29 is 9.59 Å². The second-order valence-corrected chi connectivity index (χ2v) is 8.28. The van der Waals surface area contributed by atoms with E-state index in [-0.39, 0.29) is 42.0 Å². The summed E-state index contributed by atoms with van der Waals surface area (Å²) < 4.78 is 1.27. The van der Waals surface area contributed by atoms with E-state index in [1.54, 1.807) is 30.3 Å². The number of hydrogen-bond donors (Lipinski definition) is 6. The molecule has 0 fully saturated rings. The summed E-state index contributed by atoms with van der Waals surface area (Å²) in [5, 5.41) is 13.2. The van der Waals surface area contributed by atoms with Gasteiger partial charge in [-0.25, -0.2) is 4.98 Å². The molecule has 0 radical (unpaired) electrons. The average Bonchev–Trinajstić information content (AvgIpc) is 2.80. The van der Waals surface area contributed by atoms with Gasteiger partial charge in [0.25, 0.3) is 5.56 Å². The summed E-state index contributed by atoms with van der Waals surface area (Å²) >= 11 is 0. The SMILES string of the molecule is CC(C)Nc1ncc(-c2cc(N)cc(C(N)=O)c2)n(CC(=O)NCc2ccc(C(=N)N)cc2)c1=O. The van der Waals surface area contributed by atoms with Gasteiger partial charge >= 0.3 is 0 Å². The standard InChI is InChI=1S/C24H28N8O3/c1-13(2)31-23-24(35)32(12-20(33)29-10-14-3-5-15(6-4-14)21(26)27)19(11-30-23)16-7-17(22(28)34)9-18(25)8-16/h3-9,11,13H,10,12,25H2,1-2H3,(H3,26,27)(H2,28,34)(H,29,33)(H,30,31). The first-order valence-electron chi connectivity index (χ1n) is 10.8. The Hall–Kier alpha value is -4.67. The number of amides is 2. The molecule has 9 N–H and O–H groups in total. The van der Waals surface area contributed by atoms with E-state index in [2.05, 4.69) is 15.6 Å². The van der Waals surface area contributed by atoms with E-state index in [9.17, 15) is 14.4 Å². The summed E-state index contributed by atoms with van der Waals surface area (Å²) in [6.45, 7) is 3.64. The van der Waals surface area contributed by atoms with E-state index in [0.717, 1.165) is 5.56 Å². The number of rotatable bonds is 9. The highest BCUT2D eigenvalue weighted by molar-refractivity contribution is 5.95. The van der Waals surface area contributed by atoms with Gasteiger partial charge in [0, 0.05) is 35.0 Å². The van der Waals surface area contributed by atoms with E-state index < -0.39 is 17.4 Å². The Morgan fingerprint density at radius 1 is 1.09 bits per heavy atom. The number of carbonyl (C=O) groups is 2. The number of carbonyl (C=O) groups excluding carboxylic acids is 2. The number of amidine groups is 1. The molecule has 0 aliphatic carbocycles. The Bertz CT molecular complexity index is 1330. The van der Waals surface area contributed by atoms with E-state index in [1.165, 1.54) is 22.9 Å². The molecule has 11 heteroatoms. The predicted molar refractivity (Wildman–Crippen MR) is 135 cm³/mol. The van der Waals surface area contributed by atoms with Crippen LogP contribution in [0.1, 0.15) is 35.3 Å². The minimum Gasteiger partial charge on any atom is -0.399 e. The molecule has 2 amide bonds. The van der Waals surface area contributed by atoms with Gasteiger partial charge in [-0.3, -0.25) is 24.4 Å². The summed E-state index contributed by atoms with van der Waals surface area (Å²) in [5.41, 5.74) is 18.9. The lowest BCUT2D eigenvalue weighted by Gasteiger charge is -2.17. The zero-order chi connectivity index (χ0) is 25.7. The van der Waals surface area contributed by atoms with Crippen LogP contribution in [0.4, 0.5) is 11.5 Å². The van der Waals surface area contributed by atoms with Crippen molar-refractivity contribution in [2.75, 3.05) is 11.1 Å². The van der Waals surface area contributed by atoms with Crippen molar-refractivity contribution in [3.63, 3.8) is 0 Å². The topological polar surface area (TPSA) is 195 Å². The number of nitrogens with two attached hydrogens (primary N) is 3. The second-order valence-electron chi connectivity index (χ2n) is 8.28. The van der Waals surface area contributed by atoms with Crippen LogP contribution in [0.5, 0.6) is 0 Å². The molecule has 11 nitrogen and oxygen atoms in total. The number of aromatic nitrogens is 2. The summed E-state index contributed by atoms with van der Waals surface area (Å²) in [6, 6.07) is 11.3. The van der Waals surface area contributed by atoms with Gasteiger partial charge in [-0.15, -0.1) is 0 Å². The van der Waals surface area contributed by atoms with Crippen LogP contribution in [0.15, 0.2) is 53.5 Å². The molecule has 0 unspecified atom stereocenters. The van der Waals surface area contributed by atoms with Gasteiger partial charge in [-0.05, 0) is 37.6 Å². The van der Waals surface area contributed by atoms with Crippen molar-refractivity contribution in [3.05, 3.63) is 75.7 Å². The van der Waals surface area contributed by atoms with Crippen molar-refractivity contribution in [1.29, 1.82) is 5.41 Å².